The number of aromatic nitrogens is 1. The van der Waals surface area contributed by atoms with Crippen molar-refractivity contribution in [3.8, 4) is 22.4 Å². The second kappa shape index (κ2) is 7.00. The first-order chi connectivity index (χ1) is 13.0. The van der Waals surface area contributed by atoms with Crippen LogP contribution in [0.15, 0.2) is 72.8 Å². The standard InChI is InChI=1S/C26H25N/c1-17(2)20-5-7-21(8-6-20)23-10-9-22-11-12-25(27-26(22)16-23)24-14-18(3)13-19(4)15-24/h5-17H,1-4H3. The molecule has 1 heteroatoms. The molecule has 0 spiro atoms. The van der Waals surface area contributed by atoms with Crippen molar-refractivity contribution in [2.45, 2.75) is 33.6 Å². The fourth-order valence-electron chi connectivity index (χ4n) is 3.64. The van der Waals surface area contributed by atoms with Gasteiger partial charge in [0.1, 0.15) is 0 Å². The molecule has 3 aromatic carbocycles. The summed E-state index contributed by atoms with van der Waals surface area (Å²) in [6.45, 7) is 8.72. The third-order valence-corrected chi connectivity index (χ3v) is 5.12. The van der Waals surface area contributed by atoms with Crippen LogP contribution < -0.4 is 0 Å². The number of benzene rings is 3. The van der Waals surface area contributed by atoms with Gasteiger partial charge in [-0.05, 0) is 60.7 Å². The van der Waals surface area contributed by atoms with Gasteiger partial charge in [-0.2, -0.15) is 0 Å². The van der Waals surface area contributed by atoms with Gasteiger partial charge in [0.2, 0.25) is 0 Å². The van der Waals surface area contributed by atoms with Gasteiger partial charge in [-0.3, -0.25) is 0 Å². The molecule has 134 valence electrons. The fraction of sp³-hybridized carbons (Fsp3) is 0.192. The Morgan fingerprint density at radius 3 is 1.93 bits per heavy atom. The monoisotopic (exact) mass is 351 g/mol. The van der Waals surface area contributed by atoms with Crippen LogP contribution in [0.25, 0.3) is 33.3 Å². The Labute approximate surface area is 161 Å². The highest BCUT2D eigenvalue weighted by molar-refractivity contribution is 5.86. The van der Waals surface area contributed by atoms with Gasteiger partial charge in [0, 0.05) is 10.9 Å². The average molecular weight is 351 g/mol. The van der Waals surface area contributed by atoms with Crippen molar-refractivity contribution in [2.24, 2.45) is 0 Å². The van der Waals surface area contributed by atoms with E-state index in [9.17, 15) is 0 Å². The van der Waals surface area contributed by atoms with Gasteiger partial charge in [0.15, 0.2) is 0 Å². The maximum Gasteiger partial charge on any atom is 0.0715 e. The van der Waals surface area contributed by atoms with Crippen molar-refractivity contribution < 1.29 is 0 Å². The second-order valence-corrected chi connectivity index (χ2v) is 7.76. The van der Waals surface area contributed by atoms with E-state index in [0.717, 1.165) is 11.2 Å². The zero-order valence-electron chi connectivity index (χ0n) is 16.5. The summed E-state index contributed by atoms with van der Waals surface area (Å²) in [5.74, 6) is 0.553. The van der Waals surface area contributed by atoms with E-state index in [4.69, 9.17) is 4.98 Å². The average Bonchev–Trinajstić information content (AvgIpc) is 2.66. The minimum Gasteiger partial charge on any atom is -0.248 e. The minimum atomic E-state index is 0.553. The topological polar surface area (TPSA) is 12.9 Å². The molecule has 0 atom stereocenters. The molecule has 27 heavy (non-hydrogen) atoms. The van der Waals surface area contributed by atoms with Gasteiger partial charge >= 0.3 is 0 Å². The van der Waals surface area contributed by atoms with Crippen molar-refractivity contribution in [2.75, 3.05) is 0 Å². The third kappa shape index (κ3) is 3.64. The fourth-order valence-corrected chi connectivity index (χ4v) is 3.64. The van der Waals surface area contributed by atoms with Gasteiger partial charge in [-0.1, -0.05) is 73.5 Å². The minimum absolute atomic E-state index is 0.553. The Hall–Kier alpha value is -2.93. The molecule has 4 aromatic rings. The molecule has 4 rings (SSSR count). The molecule has 0 aliphatic heterocycles. The molecule has 0 N–H and O–H groups in total. The summed E-state index contributed by atoms with van der Waals surface area (Å²) in [5, 5.41) is 1.17. The Kier molecular flexibility index (Phi) is 4.53. The maximum atomic E-state index is 4.96. The summed E-state index contributed by atoms with van der Waals surface area (Å²) in [4.78, 5) is 4.96. The van der Waals surface area contributed by atoms with Crippen molar-refractivity contribution >= 4 is 10.9 Å². The summed E-state index contributed by atoms with van der Waals surface area (Å²) >= 11 is 0. The number of pyridine rings is 1. The number of hydrogen-bond acceptors (Lipinski definition) is 1. The Morgan fingerprint density at radius 2 is 1.26 bits per heavy atom. The summed E-state index contributed by atoms with van der Waals surface area (Å²) in [5.41, 5.74) is 9.61. The second-order valence-electron chi connectivity index (χ2n) is 7.76. The lowest BCUT2D eigenvalue weighted by molar-refractivity contribution is 0.867. The number of nitrogens with zero attached hydrogens (tertiary/aromatic N) is 1. The van der Waals surface area contributed by atoms with Crippen LogP contribution in [0.3, 0.4) is 0 Å². The van der Waals surface area contributed by atoms with Crippen molar-refractivity contribution in [1.82, 2.24) is 4.98 Å². The zero-order valence-corrected chi connectivity index (χ0v) is 16.5. The number of rotatable bonds is 3. The van der Waals surface area contributed by atoms with Gasteiger partial charge in [-0.15, -0.1) is 0 Å². The Balaban J connectivity index is 1.77. The lowest BCUT2D eigenvalue weighted by Crippen LogP contribution is -1.89. The number of aryl methyl sites for hydroxylation is 2. The van der Waals surface area contributed by atoms with Gasteiger partial charge in [0.25, 0.3) is 0 Å². The molecule has 0 saturated carbocycles. The van der Waals surface area contributed by atoms with Gasteiger partial charge in [-0.25, -0.2) is 4.98 Å². The molecule has 0 bridgehead atoms. The molecule has 1 nitrogen and oxygen atoms in total. The zero-order chi connectivity index (χ0) is 19.0. The van der Waals surface area contributed by atoms with Gasteiger partial charge < -0.3 is 0 Å². The molecule has 0 fully saturated rings. The normalized spacial score (nSPS) is 11.3. The lowest BCUT2D eigenvalue weighted by Gasteiger charge is -2.09. The molecule has 0 radical (unpaired) electrons. The molecular formula is C26H25N. The van der Waals surface area contributed by atoms with Crippen LogP contribution in [0.4, 0.5) is 0 Å². The quantitative estimate of drug-likeness (QED) is 0.377. The molecular weight excluding hydrogens is 326 g/mol. The smallest absolute Gasteiger partial charge is 0.0715 e. The van der Waals surface area contributed by atoms with E-state index in [-0.39, 0.29) is 0 Å². The van der Waals surface area contributed by atoms with E-state index in [1.165, 1.54) is 38.8 Å². The highest BCUT2D eigenvalue weighted by Crippen LogP contribution is 2.28. The van der Waals surface area contributed by atoms with Crippen LogP contribution in [-0.4, -0.2) is 4.98 Å². The summed E-state index contributed by atoms with van der Waals surface area (Å²) in [6.07, 6.45) is 0. The predicted molar refractivity (Wildman–Crippen MR) is 116 cm³/mol. The highest BCUT2D eigenvalue weighted by atomic mass is 14.7. The maximum absolute atomic E-state index is 4.96. The van der Waals surface area contributed by atoms with Crippen molar-refractivity contribution in [3.63, 3.8) is 0 Å². The van der Waals surface area contributed by atoms with Gasteiger partial charge in [0.05, 0.1) is 11.2 Å². The van der Waals surface area contributed by atoms with Crippen LogP contribution in [0, 0.1) is 13.8 Å². The Morgan fingerprint density at radius 1 is 0.630 bits per heavy atom. The van der Waals surface area contributed by atoms with E-state index in [0.29, 0.717) is 5.92 Å². The first-order valence-electron chi connectivity index (χ1n) is 9.59. The van der Waals surface area contributed by atoms with E-state index in [1.54, 1.807) is 0 Å². The molecule has 0 aliphatic rings. The first kappa shape index (κ1) is 17.5. The van der Waals surface area contributed by atoms with Crippen molar-refractivity contribution in [1.29, 1.82) is 0 Å². The van der Waals surface area contributed by atoms with Crippen LogP contribution in [0.1, 0.15) is 36.5 Å². The van der Waals surface area contributed by atoms with Crippen molar-refractivity contribution in [3.05, 3.63) is 89.5 Å². The largest absolute Gasteiger partial charge is 0.248 e. The lowest BCUT2D eigenvalue weighted by atomic mass is 9.98. The molecule has 0 unspecified atom stereocenters. The van der Waals surface area contributed by atoms with Crippen LogP contribution in [0.5, 0.6) is 0 Å². The highest BCUT2D eigenvalue weighted by Gasteiger charge is 2.06. The van der Waals surface area contributed by atoms with E-state index < -0.39 is 0 Å². The van der Waals surface area contributed by atoms with E-state index in [2.05, 4.69) is 100 Å². The van der Waals surface area contributed by atoms with E-state index >= 15 is 0 Å². The van der Waals surface area contributed by atoms with Crippen LogP contribution in [-0.2, 0) is 0 Å². The number of fused-ring (bicyclic) bond motifs is 1. The molecule has 0 saturated heterocycles. The molecule has 1 aromatic heterocycles. The van der Waals surface area contributed by atoms with Crippen LogP contribution >= 0.6 is 0 Å². The predicted octanol–water partition coefficient (Wildman–Crippen LogP) is 7.31. The summed E-state index contributed by atoms with van der Waals surface area (Å²) in [6, 6.07) is 26.3. The SMILES string of the molecule is Cc1cc(C)cc(-c2ccc3ccc(-c4ccc(C(C)C)cc4)cc3n2)c1. The Bertz CT molecular complexity index is 1080. The number of hydrogen-bond donors (Lipinski definition) is 0. The van der Waals surface area contributed by atoms with E-state index in [1.807, 2.05) is 0 Å². The molecule has 1 heterocycles. The summed E-state index contributed by atoms with van der Waals surface area (Å²) < 4.78 is 0. The summed E-state index contributed by atoms with van der Waals surface area (Å²) in [7, 11) is 0. The first-order valence-corrected chi connectivity index (χ1v) is 9.59. The molecule has 0 aliphatic carbocycles. The third-order valence-electron chi connectivity index (χ3n) is 5.12. The van der Waals surface area contributed by atoms with Crippen LogP contribution in [0.2, 0.25) is 0 Å². The molecule has 0 amide bonds.